The zero-order valence-electron chi connectivity index (χ0n) is 11.1. The molecule has 0 aliphatic rings. The van der Waals surface area contributed by atoms with Crippen molar-refractivity contribution in [3.8, 4) is 0 Å². The molecule has 0 saturated heterocycles. The Morgan fingerprint density at radius 1 is 1.50 bits per heavy atom. The number of pyridine rings is 1. The average Bonchev–Trinajstić information content (AvgIpc) is 2.37. The maximum absolute atomic E-state index is 11.4. The molecule has 5 nitrogen and oxygen atoms in total. The minimum absolute atomic E-state index is 0.235. The minimum Gasteiger partial charge on any atom is -0.467 e. The Balaban J connectivity index is 2.65. The van der Waals surface area contributed by atoms with Gasteiger partial charge in [0.1, 0.15) is 0 Å². The van der Waals surface area contributed by atoms with Gasteiger partial charge in [-0.3, -0.25) is 9.88 Å². The van der Waals surface area contributed by atoms with E-state index in [1.807, 2.05) is 24.0 Å². The first-order valence-electron chi connectivity index (χ1n) is 5.91. The number of carbonyl (C=O) groups is 1. The molecular weight excluding hydrogens is 232 g/mol. The average molecular weight is 252 g/mol. The molecule has 0 bridgehead atoms. The largest absolute Gasteiger partial charge is 0.467 e. The molecule has 0 spiro atoms. The standard InChI is InChI=1S/C13H20N2O3/c1-4-15(9-11-5-7-14-8-6-11)10-13(2,17)12(16)18-3/h5-8,17H,4,9-10H2,1-3H3. The van der Waals surface area contributed by atoms with Crippen molar-refractivity contribution >= 4 is 5.97 Å². The molecule has 0 radical (unpaired) electrons. The second-order valence-corrected chi connectivity index (χ2v) is 4.42. The number of hydrogen-bond donors (Lipinski definition) is 1. The van der Waals surface area contributed by atoms with E-state index in [-0.39, 0.29) is 6.54 Å². The normalized spacial score (nSPS) is 14.3. The predicted molar refractivity (Wildman–Crippen MR) is 67.8 cm³/mol. The molecule has 1 aromatic heterocycles. The highest BCUT2D eigenvalue weighted by Gasteiger charge is 2.33. The summed E-state index contributed by atoms with van der Waals surface area (Å²) in [5.74, 6) is -0.615. The third-order valence-electron chi connectivity index (χ3n) is 2.76. The van der Waals surface area contributed by atoms with Crippen LogP contribution < -0.4 is 0 Å². The van der Waals surface area contributed by atoms with Crippen LogP contribution in [0.2, 0.25) is 0 Å². The summed E-state index contributed by atoms with van der Waals surface area (Å²) in [5, 5.41) is 10.0. The third-order valence-corrected chi connectivity index (χ3v) is 2.76. The molecule has 1 rings (SSSR count). The quantitative estimate of drug-likeness (QED) is 0.760. The summed E-state index contributed by atoms with van der Waals surface area (Å²) >= 11 is 0. The number of esters is 1. The molecule has 0 aliphatic carbocycles. The van der Waals surface area contributed by atoms with Crippen molar-refractivity contribution in [2.75, 3.05) is 20.2 Å². The molecule has 100 valence electrons. The number of nitrogens with zero attached hydrogens (tertiary/aromatic N) is 2. The van der Waals surface area contributed by atoms with Crippen molar-refractivity contribution in [1.82, 2.24) is 9.88 Å². The minimum atomic E-state index is -1.49. The van der Waals surface area contributed by atoms with E-state index < -0.39 is 11.6 Å². The molecular formula is C13H20N2O3. The van der Waals surface area contributed by atoms with Crippen LogP contribution in [-0.4, -0.2) is 46.8 Å². The number of aromatic nitrogens is 1. The van der Waals surface area contributed by atoms with Gasteiger partial charge >= 0.3 is 5.97 Å². The Morgan fingerprint density at radius 3 is 2.61 bits per heavy atom. The van der Waals surface area contributed by atoms with Gasteiger partial charge < -0.3 is 9.84 Å². The first kappa shape index (κ1) is 14.6. The fraction of sp³-hybridized carbons (Fsp3) is 0.538. The number of methoxy groups -OCH3 is 1. The highest BCUT2D eigenvalue weighted by Crippen LogP contribution is 2.11. The Hall–Kier alpha value is -1.46. The van der Waals surface area contributed by atoms with E-state index in [1.54, 1.807) is 12.4 Å². The zero-order chi connectivity index (χ0) is 13.6. The highest BCUT2D eigenvalue weighted by atomic mass is 16.5. The summed E-state index contributed by atoms with van der Waals surface area (Å²) in [5.41, 5.74) is -0.398. The van der Waals surface area contributed by atoms with E-state index in [9.17, 15) is 9.90 Å². The van der Waals surface area contributed by atoms with E-state index in [0.717, 1.165) is 12.1 Å². The van der Waals surface area contributed by atoms with Crippen molar-refractivity contribution in [3.63, 3.8) is 0 Å². The van der Waals surface area contributed by atoms with E-state index in [4.69, 9.17) is 0 Å². The van der Waals surface area contributed by atoms with Crippen LogP contribution in [0, 0.1) is 0 Å². The van der Waals surface area contributed by atoms with E-state index in [2.05, 4.69) is 9.72 Å². The maximum Gasteiger partial charge on any atom is 0.338 e. The van der Waals surface area contributed by atoms with Gasteiger partial charge in [0.15, 0.2) is 5.60 Å². The van der Waals surface area contributed by atoms with Crippen LogP contribution in [-0.2, 0) is 16.1 Å². The fourth-order valence-corrected chi connectivity index (χ4v) is 1.75. The molecule has 0 aromatic carbocycles. The lowest BCUT2D eigenvalue weighted by atomic mass is 10.1. The van der Waals surface area contributed by atoms with Crippen LogP contribution in [0.4, 0.5) is 0 Å². The molecule has 1 unspecified atom stereocenters. The molecule has 0 saturated carbocycles. The Bertz CT molecular complexity index is 379. The summed E-state index contributed by atoms with van der Waals surface area (Å²) in [6.45, 7) is 5.07. The molecule has 0 amide bonds. The van der Waals surface area contributed by atoms with Gasteiger partial charge in [0, 0.05) is 25.5 Å². The highest BCUT2D eigenvalue weighted by molar-refractivity contribution is 5.78. The lowest BCUT2D eigenvalue weighted by Crippen LogP contribution is -2.47. The molecule has 0 aliphatic heterocycles. The maximum atomic E-state index is 11.4. The summed E-state index contributed by atoms with van der Waals surface area (Å²) in [7, 11) is 1.27. The van der Waals surface area contributed by atoms with Gasteiger partial charge in [0.25, 0.3) is 0 Å². The third kappa shape index (κ3) is 4.09. The summed E-state index contributed by atoms with van der Waals surface area (Å²) in [6, 6.07) is 3.82. The second kappa shape index (κ2) is 6.47. The van der Waals surface area contributed by atoms with Gasteiger partial charge in [-0.2, -0.15) is 0 Å². The number of ether oxygens (including phenoxy) is 1. The first-order valence-corrected chi connectivity index (χ1v) is 5.91. The van der Waals surface area contributed by atoms with Crippen LogP contribution >= 0.6 is 0 Å². The van der Waals surface area contributed by atoms with Crippen molar-refractivity contribution in [3.05, 3.63) is 30.1 Å². The molecule has 1 N–H and O–H groups in total. The van der Waals surface area contributed by atoms with Crippen molar-refractivity contribution in [2.24, 2.45) is 0 Å². The molecule has 0 fully saturated rings. The molecule has 18 heavy (non-hydrogen) atoms. The smallest absolute Gasteiger partial charge is 0.338 e. The summed E-state index contributed by atoms with van der Waals surface area (Å²) in [6.07, 6.45) is 3.45. The fourth-order valence-electron chi connectivity index (χ4n) is 1.75. The summed E-state index contributed by atoms with van der Waals surface area (Å²) < 4.78 is 4.58. The monoisotopic (exact) mass is 252 g/mol. The van der Waals surface area contributed by atoms with Crippen LogP contribution in [0.1, 0.15) is 19.4 Å². The van der Waals surface area contributed by atoms with Gasteiger partial charge in [0.2, 0.25) is 0 Å². The van der Waals surface area contributed by atoms with Crippen LogP contribution in [0.25, 0.3) is 0 Å². The van der Waals surface area contributed by atoms with Gasteiger partial charge in [-0.25, -0.2) is 4.79 Å². The number of rotatable bonds is 6. The van der Waals surface area contributed by atoms with Gasteiger partial charge in [-0.1, -0.05) is 6.92 Å². The lowest BCUT2D eigenvalue weighted by molar-refractivity contribution is -0.162. The molecule has 1 heterocycles. The van der Waals surface area contributed by atoms with E-state index in [0.29, 0.717) is 6.54 Å². The number of carbonyl (C=O) groups excluding carboxylic acids is 1. The predicted octanol–water partition coefficient (Wildman–Crippen LogP) is 0.827. The van der Waals surface area contributed by atoms with Crippen LogP contribution in [0.5, 0.6) is 0 Å². The number of hydrogen-bond acceptors (Lipinski definition) is 5. The van der Waals surface area contributed by atoms with Crippen LogP contribution in [0.15, 0.2) is 24.5 Å². The SMILES string of the molecule is CCN(Cc1ccncc1)CC(C)(O)C(=O)OC. The van der Waals surface area contributed by atoms with Gasteiger partial charge in [0.05, 0.1) is 7.11 Å². The first-order chi connectivity index (χ1) is 8.49. The van der Waals surface area contributed by atoms with Gasteiger partial charge in [-0.15, -0.1) is 0 Å². The van der Waals surface area contributed by atoms with E-state index in [1.165, 1.54) is 14.0 Å². The Kier molecular flexibility index (Phi) is 5.25. The van der Waals surface area contributed by atoms with E-state index >= 15 is 0 Å². The Labute approximate surface area is 107 Å². The van der Waals surface area contributed by atoms with Crippen molar-refractivity contribution in [1.29, 1.82) is 0 Å². The number of likely N-dealkylation sites (N-methyl/N-ethyl adjacent to an activating group) is 1. The molecule has 5 heteroatoms. The van der Waals surface area contributed by atoms with Crippen molar-refractivity contribution < 1.29 is 14.6 Å². The number of aliphatic hydroxyl groups is 1. The van der Waals surface area contributed by atoms with Crippen molar-refractivity contribution in [2.45, 2.75) is 26.0 Å². The van der Waals surface area contributed by atoms with Gasteiger partial charge in [-0.05, 0) is 31.2 Å². The second-order valence-electron chi connectivity index (χ2n) is 4.42. The van der Waals surface area contributed by atoms with Crippen LogP contribution in [0.3, 0.4) is 0 Å². The topological polar surface area (TPSA) is 62.7 Å². The Morgan fingerprint density at radius 2 is 2.11 bits per heavy atom. The zero-order valence-corrected chi connectivity index (χ0v) is 11.1. The molecule has 1 atom stereocenters. The lowest BCUT2D eigenvalue weighted by Gasteiger charge is -2.28. The molecule has 1 aromatic rings. The summed E-state index contributed by atoms with van der Waals surface area (Å²) in [4.78, 5) is 17.4.